The monoisotopic (exact) mass is 348 g/mol. The third-order valence-electron chi connectivity index (χ3n) is 3.61. The summed E-state index contributed by atoms with van der Waals surface area (Å²) in [6.07, 6.45) is 0. The van der Waals surface area contributed by atoms with Crippen molar-refractivity contribution in [3.8, 4) is 11.5 Å². The molecule has 2 aromatic carbocycles. The highest BCUT2D eigenvalue weighted by molar-refractivity contribution is 6.30. The lowest BCUT2D eigenvalue weighted by Gasteiger charge is -2.19. The molecule has 0 aliphatic carbocycles. The van der Waals surface area contributed by atoms with Crippen molar-refractivity contribution < 1.29 is 14.3 Å². The summed E-state index contributed by atoms with van der Waals surface area (Å²) in [6, 6.07) is 10.2. The average Bonchev–Trinajstić information content (AvgIpc) is 2.58. The summed E-state index contributed by atoms with van der Waals surface area (Å²) in [7, 11) is 3.17. The minimum absolute atomic E-state index is 0.147. The molecule has 0 saturated carbocycles. The first-order valence-corrected chi connectivity index (χ1v) is 7.88. The number of methoxy groups -OCH3 is 2. The predicted molar refractivity (Wildman–Crippen MR) is 97.4 cm³/mol. The van der Waals surface area contributed by atoms with E-state index >= 15 is 0 Å². The Balaban J connectivity index is 2.09. The molecule has 2 rings (SSSR count). The fraction of sp³-hybridized carbons (Fsp3) is 0.278. The van der Waals surface area contributed by atoms with E-state index in [1.54, 1.807) is 45.4 Å². The molecular formula is C18H21ClN2O3. The van der Waals surface area contributed by atoms with Crippen LogP contribution in [-0.4, -0.2) is 26.2 Å². The first-order valence-electron chi connectivity index (χ1n) is 7.50. The van der Waals surface area contributed by atoms with Gasteiger partial charge < -0.3 is 20.1 Å². The van der Waals surface area contributed by atoms with Crippen molar-refractivity contribution in [2.75, 3.05) is 24.9 Å². The van der Waals surface area contributed by atoms with Gasteiger partial charge in [-0.15, -0.1) is 0 Å². The van der Waals surface area contributed by atoms with Gasteiger partial charge in [0.25, 0.3) is 0 Å². The maximum Gasteiger partial charge on any atom is 0.246 e. The van der Waals surface area contributed by atoms with Gasteiger partial charge in [0.1, 0.15) is 6.04 Å². The smallest absolute Gasteiger partial charge is 0.246 e. The van der Waals surface area contributed by atoms with Crippen LogP contribution in [0.4, 0.5) is 11.4 Å². The molecule has 0 radical (unpaired) electrons. The number of nitrogens with one attached hydrogen (secondary N) is 2. The number of rotatable bonds is 6. The fourth-order valence-electron chi connectivity index (χ4n) is 2.22. The van der Waals surface area contributed by atoms with Crippen molar-refractivity contribution in [1.82, 2.24) is 0 Å². The summed E-state index contributed by atoms with van der Waals surface area (Å²) in [5.41, 5.74) is 2.47. The second kappa shape index (κ2) is 7.93. The molecule has 0 saturated heterocycles. The first kappa shape index (κ1) is 17.9. The summed E-state index contributed by atoms with van der Waals surface area (Å²) in [5.74, 6) is 1.11. The maximum absolute atomic E-state index is 12.3. The zero-order valence-electron chi connectivity index (χ0n) is 14.1. The molecule has 0 aromatic heterocycles. The van der Waals surface area contributed by atoms with Gasteiger partial charge in [-0.2, -0.15) is 0 Å². The van der Waals surface area contributed by atoms with Crippen molar-refractivity contribution in [1.29, 1.82) is 0 Å². The number of aryl methyl sites for hydroxylation is 1. The molecule has 0 unspecified atom stereocenters. The van der Waals surface area contributed by atoms with Crippen molar-refractivity contribution >= 4 is 28.9 Å². The maximum atomic E-state index is 12.3. The SMILES string of the molecule is COc1cc(C)c(N[C@@H](C)C(=O)Nc2ccc(Cl)cc2)cc1OC. The predicted octanol–water partition coefficient (Wildman–Crippen LogP) is 4.10. The van der Waals surface area contributed by atoms with Crippen LogP contribution in [0.25, 0.3) is 0 Å². The van der Waals surface area contributed by atoms with Gasteiger partial charge in [-0.05, 0) is 49.7 Å². The minimum Gasteiger partial charge on any atom is -0.493 e. The number of anilines is 2. The van der Waals surface area contributed by atoms with Crippen molar-refractivity contribution in [3.63, 3.8) is 0 Å². The van der Waals surface area contributed by atoms with Gasteiger partial charge in [0.15, 0.2) is 11.5 Å². The van der Waals surface area contributed by atoms with E-state index in [0.717, 1.165) is 11.3 Å². The number of hydrogen-bond donors (Lipinski definition) is 2. The third-order valence-corrected chi connectivity index (χ3v) is 3.86. The number of carbonyl (C=O) groups is 1. The summed E-state index contributed by atoms with van der Waals surface area (Å²) in [5, 5.41) is 6.66. The summed E-state index contributed by atoms with van der Waals surface area (Å²) in [6.45, 7) is 3.73. The zero-order valence-corrected chi connectivity index (χ0v) is 14.9. The highest BCUT2D eigenvalue weighted by atomic mass is 35.5. The van der Waals surface area contributed by atoms with Crippen LogP contribution < -0.4 is 20.1 Å². The van der Waals surface area contributed by atoms with Crippen LogP contribution in [0.1, 0.15) is 12.5 Å². The molecule has 2 aromatic rings. The number of carbonyl (C=O) groups excluding carboxylic acids is 1. The lowest BCUT2D eigenvalue weighted by molar-refractivity contribution is -0.116. The number of halogens is 1. The Labute approximate surface area is 146 Å². The molecule has 24 heavy (non-hydrogen) atoms. The van der Waals surface area contributed by atoms with Crippen LogP contribution in [-0.2, 0) is 4.79 Å². The van der Waals surface area contributed by atoms with E-state index in [4.69, 9.17) is 21.1 Å². The topological polar surface area (TPSA) is 59.6 Å². The molecular weight excluding hydrogens is 328 g/mol. The normalized spacial score (nSPS) is 11.5. The molecule has 0 spiro atoms. The average molecular weight is 349 g/mol. The second-order valence-electron chi connectivity index (χ2n) is 5.38. The number of hydrogen-bond acceptors (Lipinski definition) is 4. The Hall–Kier alpha value is -2.40. The van der Waals surface area contributed by atoms with Gasteiger partial charge in [0.05, 0.1) is 14.2 Å². The van der Waals surface area contributed by atoms with Gasteiger partial charge in [-0.3, -0.25) is 4.79 Å². The van der Waals surface area contributed by atoms with Gasteiger partial charge in [0.2, 0.25) is 5.91 Å². The minimum atomic E-state index is -0.433. The van der Waals surface area contributed by atoms with E-state index in [0.29, 0.717) is 22.2 Å². The van der Waals surface area contributed by atoms with Crippen molar-refractivity contribution in [3.05, 3.63) is 47.0 Å². The summed E-state index contributed by atoms with van der Waals surface area (Å²) < 4.78 is 10.6. The zero-order chi connectivity index (χ0) is 17.7. The summed E-state index contributed by atoms with van der Waals surface area (Å²) >= 11 is 5.84. The first-order chi connectivity index (χ1) is 11.4. The van der Waals surface area contributed by atoms with Crippen LogP contribution in [0.2, 0.25) is 5.02 Å². The molecule has 0 aliphatic rings. The Morgan fingerprint density at radius 3 is 2.25 bits per heavy atom. The molecule has 1 amide bonds. The van der Waals surface area contributed by atoms with E-state index in [2.05, 4.69) is 10.6 Å². The lowest BCUT2D eigenvalue weighted by Crippen LogP contribution is -2.32. The van der Waals surface area contributed by atoms with Crippen LogP contribution in [0.5, 0.6) is 11.5 Å². The van der Waals surface area contributed by atoms with E-state index in [1.165, 1.54) is 0 Å². The van der Waals surface area contributed by atoms with Crippen LogP contribution in [0.15, 0.2) is 36.4 Å². The molecule has 128 valence electrons. The van der Waals surface area contributed by atoms with E-state index in [-0.39, 0.29) is 5.91 Å². The molecule has 0 aliphatic heterocycles. The third kappa shape index (κ3) is 4.32. The van der Waals surface area contributed by atoms with Crippen molar-refractivity contribution in [2.45, 2.75) is 19.9 Å². The van der Waals surface area contributed by atoms with E-state index in [9.17, 15) is 4.79 Å². The fourth-order valence-corrected chi connectivity index (χ4v) is 2.34. The highest BCUT2D eigenvalue weighted by Crippen LogP contribution is 2.33. The number of ether oxygens (including phenoxy) is 2. The largest absolute Gasteiger partial charge is 0.493 e. The van der Waals surface area contributed by atoms with Gasteiger partial charge in [0, 0.05) is 22.5 Å². The standard InChI is InChI=1S/C18H21ClN2O3/c1-11-9-16(23-3)17(24-4)10-15(11)20-12(2)18(22)21-14-7-5-13(19)6-8-14/h5-10,12,20H,1-4H3,(H,21,22)/t12-/m0/s1. The molecule has 0 bridgehead atoms. The van der Waals surface area contributed by atoms with Gasteiger partial charge in [-0.1, -0.05) is 11.6 Å². The van der Waals surface area contributed by atoms with Crippen molar-refractivity contribution in [2.24, 2.45) is 0 Å². The molecule has 0 heterocycles. The van der Waals surface area contributed by atoms with Crippen LogP contribution in [0, 0.1) is 6.92 Å². The Morgan fingerprint density at radius 2 is 1.67 bits per heavy atom. The second-order valence-corrected chi connectivity index (χ2v) is 5.82. The lowest BCUT2D eigenvalue weighted by atomic mass is 10.1. The number of amides is 1. The Kier molecular flexibility index (Phi) is 5.93. The van der Waals surface area contributed by atoms with Gasteiger partial charge in [-0.25, -0.2) is 0 Å². The molecule has 1 atom stereocenters. The van der Waals surface area contributed by atoms with Crippen LogP contribution in [0.3, 0.4) is 0 Å². The Bertz CT molecular complexity index is 717. The molecule has 0 fully saturated rings. The molecule has 2 N–H and O–H groups in total. The van der Waals surface area contributed by atoms with Gasteiger partial charge >= 0.3 is 0 Å². The molecule has 6 heteroatoms. The number of benzene rings is 2. The Morgan fingerprint density at radius 1 is 1.08 bits per heavy atom. The highest BCUT2D eigenvalue weighted by Gasteiger charge is 2.16. The van der Waals surface area contributed by atoms with Crippen LogP contribution >= 0.6 is 11.6 Å². The molecule has 5 nitrogen and oxygen atoms in total. The quantitative estimate of drug-likeness (QED) is 0.825. The summed E-state index contributed by atoms with van der Waals surface area (Å²) in [4.78, 5) is 12.3. The van der Waals surface area contributed by atoms with E-state index < -0.39 is 6.04 Å². The van der Waals surface area contributed by atoms with E-state index in [1.807, 2.05) is 19.1 Å².